The fourth-order valence-electron chi connectivity index (χ4n) is 6.82. The molecule has 2 heterocycles. The Morgan fingerprint density at radius 1 is 0.537 bits per heavy atom. The summed E-state index contributed by atoms with van der Waals surface area (Å²) in [4.78, 5) is 111. The van der Waals surface area contributed by atoms with Gasteiger partial charge in [0.15, 0.2) is 54.6 Å². The summed E-state index contributed by atoms with van der Waals surface area (Å²) >= 11 is 0. The molecule has 67 heavy (non-hydrogen) atoms. The number of hydrogen-bond acceptors (Lipinski definition) is 22. The van der Waals surface area contributed by atoms with Gasteiger partial charge in [-0.1, -0.05) is 18.2 Å². The Labute approximate surface area is 384 Å². The van der Waals surface area contributed by atoms with Crippen molar-refractivity contribution in [2.75, 3.05) is 13.2 Å². The van der Waals surface area contributed by atoms with E-state index >= 15 is 0 Å². The molecule has 22 heteroatoms. The van der Waals surface area contributed by atoms with Crippen LogP contribution in [0.3, 0.4) is 0 Å². The predicted octanol–water partition coefficient (Wildman–Crippen LogP) is 2.79. The van der Waals surface area contributed by atoms with Crippen LogP contribution in [0.25, 0.3) is 6.08 Å². The highest BCUT2D eigenvalue weighted by atomic mass is 16.8. The Morgan fingerprint density at radius 3 is 1.66 bits per heavy atom. The zero-order chi connectivity index (χ0) is 49.5. The van der Waals surface area contributed by atoms with Gasteiger partial charge >= 0.3 is 53.7 Å². The lowest BCUT2D eigenvalue weighted by Crippen LogP contribution is -2.66. The largest absolute Gasteiger partial charge is 0.463 e. The van der Waals surface area contributed by atoms with Crippen LogP contribution >= 0.6 is 0 Å². The van der Waals surface area contributed by atoms with Gasteiger partial charge in [-0.05, 0) is 54.8 Å². The topological polar surface area (TPSA) is 274 Å². The molecular formula is C45H52O22. The average molecular weight is 945 g/mol. The van der Waals surface area contributed by atoms with Gasteiger partial charge in [0, 0.05) is 61.5 Å². The van der Waals surface area contributed by atoms with Crippen molar-refractivity contribution in [3.63, 3.8) is 0 Å². The summed E-state index contributed by atoms with van der Waals surface area (Å²) in [5, 5.41) is 0. The molecule has 0 amide bonds. The van der Waals surface area contributed by atoms with Crippen LogP contribution in [-0.4, -0.2) is 128 Å². The summed E-state index contributed by atoms with van der Waals surface area (Å²) in [6.45, 7) is 9.53. The maximum Gasteiger partial charge on any atom is 0.331 e. The SMILES string of the molecule is CC(=O)OC[C@H]1O[C@@H](OCCc2ccc(OC(C)=O)c(OC(C)=O)c2)[C@H](OC(C)=O)[C@@H](O[C@@H]2O[C@@H](C)[C@H](OC(C)=O)[C@@H](OC(C)=O)[C@H]2OC(C)=O)[C@@H]1OC(=O)/C=C/c1ccc(OC(C)=O)cc1. The van der Waals surface area contributed by atoms with Crippen molar-refractivity contribution >= 4 is 59.8 Å². The second-order valence-electron chi connectivity index (χ2n) is 14.9. The van der Waals surface area contributed by atoms with Crippen LogP contribution in [0, 0.1) is 0 Å². The minimum atomic E-state index is -1.77. The molecule has 0 N–H and O–H groups in total. The number of ether oxygens (including phenoxy) is 13. The highest BCUT2D eigenvalue weighted by Gasteiger charge is 2.57. The number of esters is 9. The highest BCUT2D eigenvalue weighted by Crippen LogP contribution is 2.36. The van der Waals surface area contributed by atoms with Crippen molar-refractivity contribution < 1.29 is 105 Å². The van der Waals surface area contributed by atoms with Crippen LogP contribution in [0.2, 0.25) is 0 Å². The predicted molar refractivity (Wildman–Crippen MR) is 222 cm³/mol. The maximum atomic E-state index is 13.7. The Balaban J connectivity index is 1.79. The summed E-state index contributed by atoms with van der Waals surface area (Å²) in [6, 6.07) is 10.5. The van der Waals surface area contributed by atoms with Gasteiger partial charge in [-0.15, -0.1) is 0 Å². The first-order valence-corrected chi connectivity index (χ1v) is 20.7. The fraction of sp³-hybridized carbons (Fsp3) is 0.489. The Morgan fingerprint density at radius 2 is 1.09 bits per heavy atom. The minimum absolute atomic E-state index is 0.0276. The lowest BCUT2D eigenvalue weighted by atomic mass is 9.96. The summed E-state index contributed by atoms with van der Waals surface area (Å²) in [5.74, 6) is -7.04. The Bertz CT molecular complexity index is 2160. The van der Waals surface area contributed by atoms with E-state index in [4.69, 9.17) is 61.6 Å². The van der Waals surface area contributed by atoms with E-state index in [1.54, 1.807) is 18.2 Å². The monoisotopic (exact) mass is 944 g/mol. The molecule has 0 saturated carbocycles. The molecule has 2 aliphatic heterocycles. The van der Waals surface area contributed by atoms with Crippen LogP contribution in [0.1, 0.15) is 73.4 Å². The van der Waals surface area contributed by atoms with Crippen molar-refractivity contribution in [1.82, 2.24) is 0 Å². The van der Waals surface area contributed by atoms with E-state index in [0.717, 1.165) is 47.6 Å². The van der Waals surface area contributed by atoms with E-state index in [-0.39, 0.29) is 30.3 Å². The van der Waals surface area contributed by atoms with Gasteiger partial charge in [0.1, 0.15) is 24.6 Å². The first-order chi connectivity index (χ1) is 31.6. The summed E-state index contributed by atoms with van der Waals surface area (Å²) in [6.07, 6.45) is -13.2. The van der Waals surface area contributed by atoms with Gasteiger partial charge in [-0.2, -0.15) is 0 Å². The molecule has 2 saturated heterocycles. The third kappa shape index (κ3) is 16.6. The molecule has 0 aromatic heterocycles. The second-order valence-corrected chi connectivity index (χ2v) is 14.9. The number of rotatable bonds is 18. The average Bonchev–Trinajstić information content (AvgIpc) is 3.21. The molecule has 0 aliphatic carbocycles. The molecule has 2 aromatic rings. The first kappa shape index (κ1) is 52.9. The standard InChI is InChI=1S/C45H52O22/c1-22-38(61-27(6)50)40(62-28(7)51)43(64-30(9)53)45(57-22)67-41-39(66-37(54)17-13-31-10-14-33(15-11-31)58-24(3)47)36(21-56-23(2)46)65-44(42(41)63-29(8)52)55-19-18-32-12-16-34(59-25(4)48)35(20-32)60-26(5)49/h10-17,20,22,36,38-45H,18-19,21H2,1-9H3/b17-13+/t22-,36+,38-,39+,40+,41-,42+,43+,44+,45-/m0/s1. The third-order valence-corrected chi connectivity index (χ3v) is 9.26. The summed E-state index contributed by atoms with van der Waals surface area (Å²) in [7, 11) is 0. The van der Waals surface area contributed by atoms with E-state index in [1.165, 1.54) is 51.1 Å². The molecular weight excluding hydrogens is 892 g/mol. The molecule has 22 nitrogen and oxygen atoms in total. The van der Waals surface area contributed by atoms with Crippen LogP contribution in [0.15, 0.2) is 48.5 Å². The minimum Gasteiger partial charge on any atom is -0.463 e. The second kappa shape index (κ2) is 24.7. The molecule has 2 aromatic carbocycles. The van der Waals surface area contributed by atoms with E-state index in [9.17, 15) is 43.2 Å². The normalized spacial score (nSPS) is 24.6. The van der Waals surface area contributed by atoms with E-state index < -0.39 is 122 Å². The first-order valence-electron chi connectivity index (χ1n) is 20.7. The van der Waals surface area contributed by atoms with Crippen molar-refractivity contribution in [3.05, 3.63) is 59.7 Å². The van der Waals surface area contributed by atoms with Crippen molar-refractivity contribution in [2.24, 2.45) is 0 Å². The smallest absolute Gasteiger partial charge is 0.331 e. The van der Waals surface area contributed by atoms with Gasteiger partial charge in [-0.25, -0.2) is 4.79 Å². The van der Waals surface area contributed by atoms with Gasteiger partial charge in [0.2, 0.25) is 0 Å². The lowest BCUT2D eigenvalue weighted by Gasteiger charge is -2.48. The molecule has 0 radical (unpaired) electrons. The van der Waals surface area contributed by atoms with E-state index in [1.807, 2.05) is 0 Å². The molecule has 0 bridgehead atoms. The summed E-state index contributed by atoms with van der Waals surface area (Å²) < 4.78 is 74.0. The molecule has 4 rings (SSSR count). The zero-order valence-corrected chi connectivity index (χ0v) is 38.1. The van der Waals surface area contributed by atoms with Crippen molar-refractivity contribution in [3.8, 4) is 17.2 Å². The van der Waals surface area contributed by atoms with Crippen molar-refractivity contribution in [2.45, 2.75) is 130 Å². The van der Waals surface area contributed by atoms with Gasteiger partial charge < -0.3 is 61.6 Å². The Hall–Kier alpha value is -6.75. The van der Waals surface area contributed by atoms with Crippen LogP contribution < -0.4 is 14.2 Å². The molecule has 364 valence electrons. The van der Waals surface area contributed by atoms with Gasteiger partial charge in [0.25, 0.3) is 0 Å². The van der Waals surface area contributed by atoms with Crippen LogP contribution in [-0.2, 0) is 96.9 Å². The molecule has 10 atom stereocenters. The molecule has 0 spiro atoms. The zero-order valence-electron chi connectivity index (χ0n) is 38.1. The van der Waals surface area contributed by atoms with Crippen molar-refractivity contribution in [1.29, 1.82) is 0 Å². The molecule has 2 aliphatic rings. The maximum absolute atomic E-state index is 13.7. The molecule has 0 unspecified atom stereocenters. The number of hydrogen-bond donors (Lipinski definition) is 0. The number of carbonyl (C=O) groups is 9. The van der Waals surface area contributed by atoms with Gasteiger partial charge in [-0.3, -0.25) is 38.4 Å². The van der Waals surface area contributed by atoms with E-state index in [2.05, 4.69) is 0 Å². The van der Waals surface area contributed by atoms with E-state index in [0.29, 0.717) is 11.1 Å². The molecule has 2 fully saturated rings. The van der Waals surface area contributed by atoms with Gasteiger partial charge in [0.05, 0.1) is 12.7 Å². The van der Waals surface area contributed by atoms with Crippen LogP contribution in [0.4, 0.5) is 0 Å². The number of benzene rings is 2. The van der Waals surface area contributed by atoms with Crippen LogP contribution in [0.5, 0.6) is 17.2 Å². The fourth-order valence-corrected chi connectivity index (χ4v) is 6.82. The highest BCUT2D eigenvalue weighted by molar-refractivity contribution is 5.87. The quantitative estimate of drug-likeness (QED) is 0.0899. The summed E-state index contributed by atoms with van der Waals surface area (Å²) in [5.41, 5.74) is 0.973. The lowest BCUT2D eigenvalue weighted by molar-refractivity contribution is -0.359. The number of carbonyl (C=O) groups excluding carboxylic acids is 9. The Kier molecular flexibility index (Phi) is 19.5. The third-order valence-electron chi connectivity index (χ3n) is 9.26.